The average molecular weight is 326 g/mol. The van der Waals surface area contributed by atoms with Gasteiger partial charge in [0, 0.05) is 25.9 Å². The summed E-state index contributed by atoms with van der Waals surface area (Å²) in [6, 6.07) is 6.92. The Bertz CT molecular complexity index is 742. The molecule has 0 bridgehead atoms. The predicted molar refractivity (Wildman–Crippen MR) is 84.6 cm³/mol. The molecule has 2 aromatic rings. The molecule has 0 aliphatic carbocycles. The zero-order chi connectivity index (χ0) is 14.3. The van der Waals surface area contributed by atoms with Crippen LogP contribution in [0.2, 0.25) is 0 Å². The Balaban J connectivity index is 2.17. The number of thiophene rings is 1. The number of sulfonamides is 1. The second-order valence-corrected chi connectivity index (χ2v) is 8.45. The first-order valence-corrected chi connectivity index (χ1v) is 9.48. The van der Waals surface area contributed by atoms with Gasteiger partial charge in [-0.15, -0.1) is 23.1 Å². The lowest BCUT2D eigenvalue weighted by Crippen LogP contribution is -2.13. The Morgan fingerprint density at radius 3 is 2.70 bits per heavy atom. The van der Waals surface area contributed by atoms with E-state index in [2.05, 4.69) is 6.07 Å². The van der Waals surface area contributed by atoms with Gasteiger partial charge in [-0.2, -0.15) is 0 Å². The van der Waals surface area contributed by atoms with E-state index < -0.39 is 10.0 Å². The number of nitrogen functional groups attached to an aromatic ring is 1. The quantitative estimate of drug-likeness (QED) is 0.831. The van der Waals surface area contributed by atoms with Crippen LogP contribution in [-0.4, -0.2) is 14.2 Å². The minimum Gasteiger partial charge on any atom is -0.399 e. The van der Waals surface area contributed by atoms with Crippen LogP contribution in [0.1, 0.15) is 11.3 Å². The number of primary sulfonamides is 1. The van der Waals surface area contributed by atoms with Gasteiger partial charge in [0.15, 0.2) is 0 Å². The van der Waals surface area contributed by atoms with Crippen molar-refractivity contribution in [1.29, 1.82) is 0 Å². The summed E-state index contributed by atoms with van der Waals surface area (Å²) >= 11 is 3.47. The number of fused-ring (bicyclic) bond motifs is 1. The SMILES string of the molecule is Nc1ccc(-c2cc3c(s2)CCCS3)c(S(N)(=O)=O)c1. The van der Waals surface area contributed by atoms with E-state index in [1.165, 1.54) is 22.3 Å². The molecule has 1 aromatic carbocycles. The maximum atomic E-state index is 11.7. The van der Waals surface area contributed by atoms with Crippen LogP contribution in [-0.2, 0) is 16.4 Å². The molecule has 2 heterocycles. The van der Waals surface area contributed by atoms with Gasteiger partial charge >= 0.3 is 0 Å². The van der Waals surface area contributed by atoms with Crippen molar-refractivity contribution in [2.75, 3.05) is 11.5 Å². The lowest BCUT2D eigenvalue weighted by molar-refractivity contribution is 0.598. The minimum atomic E-state index is -3.79. The average Bonchev–Trinajstić information content (AvgIpc) is 2.81. The zero-order valence-electron chi connectivity index (χ0n) is 10.6. The fourth-order valence-electron chi connectivity index (χ4n) is 2.23. The topological polar surface area (TPSA) is 86.2 Å². The molecule has 0 saturated carbocycles. The second-order valence-electron chi connectivity index (χ2n) is 4.65. The molecule has 7 heteroatoms. The van der Waals surface area contributed by atoms with E-state index >= 15 is 0 Å². The highest BCUT2D eigenvalue weighted by atomic mass is 32.2. The van der Waals surface area contributed by atoms with Gasteiger partial charge in [-0.05, 0) is 36.8 Å². The summed E-state index contributed by atoms with van der Waals surface area (Å²) in [7, 11) is -3.79. The van der Waals surface area contributed by atoms with Crippen LogP contribution >= 0.6 is 23.1 Å². The van der Waals surface area contributed by atoms with E-state index in [4.69, 9.17) is 10.9 Å². The third-order valence-corrected chi connectivity index (χ3v) is 6.63. The van der Waals surface area contributed by atoms with E-state index in [9.17, 15) is 8.42 Å². The maximum absolute atomic E-state index is 11.7. The first-order valence-electron chi connectivity index (χ1n) is 6.13. The van der Waals surface area contributed by atoms with Crippen LogP contribution in [0.4, 0.5) is 5.69 Å². The predicted octanol–water partition coefficient (Wildman–Crippen LogP) is 2.68. The van der Waals surface area contributed by atoms with Crippen LogP contribution in [0.5, 0.6) is 0 Å². The first-order chi connectivity index (χ1) is 9.45. The molecule has 3 rings (SSSR count). The lowest BCUT2D eigenvalue weighted by atomic mass is 10.1. The van der Waals surface area contributed by atoms with E-state index in [1.807, 2.05) is 11.8 Å². The molecule has 0 unspecified atom stereocenters. The van der Waals surface area contributed by atoms with Gasteiger partial charge in [-0.25, -0.2) is 13.6 Å². The van der Waals surface area contributed by atoms with Gasteiger partial charge in [0.05, 0.1) is 4.90 Å². The number of aryl methyl sites for hydroxylation is 1. The number of thioether (sulfide) groups is 1. The summed E-state index contributed by atoms with van der Waals surface area (Å²) in [5.41, 5.74) is 6.72. The molecule has 1 aliphatic heterocycles. The monoisotopic (exact) mass is 326 g/mol. The van der Waals surface area contributed by atoms with Crippen LogP contribution in [0.3, 0.4) is 0 Å². The molecule has 4 nitrogen and oxygen atoms in total. The molecule has 20 heavy (non-hydrogen) atoms. The van der Waals surface area contributed by atoms with Crippen molar-refractivity contribution in [1.82, 2.24) is 0 Å². The summed E-state index contributed by atoms with van der Waals surface area (Å²) in [4.78, 5) is 3.62. The molecule has 0 spiro atoms. The number of hydrogen-bond donors (Lipinski definition) is 2. The third kappa shape index (κ3) is 2.58. The Morgan fingerprint density at radius 2 is 2.00 bits per heavy atom. The van der Waals surface area contributed by atoms with E-state index in [-0.39, 0.29) is 4.90 Å². The van der Waals surface area contributed by atoms with Gasteiger partial charge in [0.25, 0.3) is 0 Å². The molecule has 1 aromatic heterocycles. The molecular formula is C13H14N2O2S3. The molecule has 106 valence electrons. The van der Waals surface area contributed by atoms with Crippen molar-refractivity contribution in [3.05, 3.63) is 29.1 Å². The highest BCUT2D eigenvalue weighted by molar-refractivity contribution is 7.99. The fraction of sp³-hybridized carbons (Fsp3) is 0.231. The second kappa shape index (κ2) is 5.07. The Morgan fingerprint density at radius 1 is 1.20 bits per heavy atom. The van der Waals surface area contributed by atoms with Gasteiger partial charge < -0.3 is 5.73 Å². The molecule has 0 fully saturated rings. The summed E-state index contributed by atoms with van der Waals surface area (Å²) in [6.45, 7) is 0. The smallest absolute Gasteiger partial charge is 0.238 e. The highest BCUT2D eigenvalue weighted by Crippen LogP contribution is 2.42. The van der Waals surface area contributed by atoms with E-state index in [1.54, 1.807) is 23.5 Å². The van der Waals surface area contributed by atoms with E-state index in [0.29, 0.717) is 11.3 Å². The van der Waals surface area contributed by atoms with Crippen molar-refractivity contribution in [3.8, 4) is 10.4 Å². The number of rotatable bonds is 2. The van der Waals surface area contributed by atoms with Gasteiger partial charge in [0.1, 0.15) is 0 Å². The minimum absolute atomic E-state index is 0.0982. The summed E-state index contributed by atoms with van der Waals surface area (Å²) < 4.78 is 23.5. The Labute approximate surface area is 126 Å². The summed E-state index contributed by atoms with van der Waals surface area (Å²) in [5, 5.41) is 5.30. The molecule has 0 atom stereocenters. The molecular weight excluding hydrogens is 312 g/mol. The first kappa shape index (κ1) is 13.9. The van der Waals surface area contributed by atoms with Crippen molar-refractivity contribution in [3.63, 3.8) is 0 Å². The van der Waals surface area contributed by atoms with Gasteiger partial charge in [-0.1, -0.05) is 6.07 Å². The molecule has 1 aliphatic rings. The third-order valence-electron chi connectivity index (χ3n) is 3.15. The van der Waals surface area contributed by atoms with Gasteiger partial charge in [0.2, 0.25) is 10.0 Å². The number of hydrogen-bond acceptors (Lipinski definition) is 5. The van der Waals surface area contributed by atoms with Crippen molar-refractivity contribution in [2.24, 2.45) is 5.14 Å². The number of benzene rings is 1. The van der Waals surface area contributed by atoms with E-state index in [0.717, 1.165) is 17.1 Å². The van der Waals surface area contributed by atoms with Crippen molar-refractivity contribution < 1.29 is 8.42 Å². The Hall–Kier alpha value is -1.02. The zero-order valence-corrected chi connectivity index (χ0v) is 13.1. The normalized spacial score (nSPS) is 15.1. The van der Waals surface area contributed by atoms with Crippen LogP contribution in [0, 0.1) is 0 Å². The molecule has 0 saturated heterocycles. The van der Waals surface area contributed by atoms with Crippen LogP contribution < -0.4 is 10.9 Å². The summed E-state index contributed by atoms with van der Waals surface area (Å²) in [6.07, 6.45) is 2.23. The maximum Gasteiger partial charge on any atom is 0.238 e. The molecule has 0 amide bonds. The number of anilines is 1. The lowest BCUT2D eigenvalue weighted by Gasteiger charge is -2.08. The van der Waals surface area contributed by atoms with Crippen LogP contribution in [0.25, 0.3) is 10.4 Å². The molecule has 4 N–H and O–H groups in total. The standard InChI is InChI=1S/C13H14N2O2S3/c14-8-3-4-9(13(6-8)20(15,16)17)11-7-12-10(19-11)2-1-5-18-12/h3-4,6-7H,1-2,5,14H2,(H2,15,16,17). The highest BCUT2D eigenvalue weighted by Gasteiger charge is 2.20. The molecule has 0 radical (unpaired) electrons. The van der Waals surface area contributed by atoms with Crippen molar-refractivity contribution in [2.45, 2.75) is 22.6 Å². The largest absolute Gasteiger partial charge is 0.399 e. The number of nitrogens with two attached hydrogens (primary N) is 2. The fourth-order valence-corrected chi connectivity index (χ4v) is 5.57. The Kier molecular flexibility index (Phi) is 3.53. The van der Waals surface area contributed by atoms with Gasteiger partial charge in [-0.3, -0.25) is 0 Å². The summed E-state index contributed by atoms with van der Waals surface area (Å²) in [5.74, 6) is 1.12. The van der Waals surface area contributed by atoms with Crippen LogP contribution in [0.15, 0.2) is 34.1 Å². The van der Waals surface area contributed by atoms with Crippen molar-refractivity contribution >= 4 is 38.8 Å².